The quantitative estimate of drug-likeness (QED) is 0.190. The molecule has 3 amide bonds. The second kappa shape index (κ2) is 14.9. The van der Waals surface area contributed by atoms with Crippen LogP contribution in [0.4, 0.5) is 33.7 Å². The molecule has 1 fully saturated rings. The molecule has 4 rings (SSSR count). The third-order valence-corrected chi connectivity index (χ3v) is 7.71. The Morgan fingerprint density at radius 1 is 0.978 bits per heavy atom. The molecule has 12 heteroatoms. The van der Waals surface area contributed by atoms with E-state index in [1.54, 1.807) is 19.1 Å². The van der Waals surface area contributed by atoms with Crippen molar-refractivity contribution < 1.29 is 41.8 Å². The third-order valence-electron chi connectivity index (χ3n) is 7.71. The Morgan fingerprint density at radius 2 is 1.64 bits per heavy atom. The van der Waals surface area contributed by atoms with Crippen LogP contribution in [0.2, 0.25) is 0 Å². The van der Waals surface area contributed by atoms with E-state index in [0.717, 1.165) is 18.9 Å². The number of nitrogens with one attached hydrogen (secondary N) is 2. The maximum Gasteiger partial charge on any atom is 0.573 e. The van der Waals surface area contributed by atoms with Gasteiger partial charge >= 0.3 is 18.4 Å². The first-order chi connectivity index (χ1) is 21.4. The normalized spacial score (nSPS) is 14.3. The number of hydrogen-bond donors (Lipinski definition) is 3. The molecule has 3 aromatic carbocycles. The number of benzene rings is 3. The van der Waals surface area contributed by atoms with Crippen molar-refractivity contribution in [1.82, 2.24) is 5.32 Å². The number of aliphatic carboxylic acids is 1. The zero-order valence-corrected chi connectivity index (χ0v) is 24.7. The van der Waals surface area contributed by atoms with Crippen LogP contribution in [0.1, 0.15) is 72.0 Å². The number of alkyl halides is 4. The fourth-order valence-electron chi connectivity index (χ4n) is 5.31. The number of amides is 3. The number of ether oxygens (including phenoxy) is 1. The second-order valence-corrected chi connectivity index (χ2v) is 10.9. The highest BCUT2D eigenvalue weighted by Gasteiger charge is 2.32. The number of halogens is 4. The summed E-state index contributed by atoms with van der Waals surface area (Å²) in [5, 5.41) is 13.7. The molecule has 0 spiro atoms. The van der Waals surface area contributed by atoms with Gasteiger partial charge in [0, 0.05) is 16.9 Å². The van der Waals surface area contributed by atoms with Gasteiger partial charge in [0.15, 0.2) is 0 Å². The summed E-state index contributed by atoms with van der Waals surface area (Å²) in [5.74, 6) is -2.20. The van der Waals surface area contributed by atoms with Gasteiger partial charge in [0.25, 0.3) is 5.91 Å². The minimum atomic E-state index is -4.85. The lowest BCUT2D eigenvalue weighted by Crippen LogP contribution is -2.35. The van der Waals surface area contributed by atoms with Crippen molar-refractivity contribution in [3.63, 3.8) is 0 Å². The number of carbonyl (C=O) groups excluding carboxylic acids is 2. The van der Waals surface area contributed by atoms with Crippen molar-refractivity contribution in [3.05, 3.63) is 89.0 Å². The Kier molecular flexibility index (Phi) is 11.0. The number of aryl methyl sites for hydroxylation is 1. The molecule has 1 saturated carbocycles. The van der Waals surface area contributed by atoms with Crippen molar-refractivity contribution >= 4 is 29.3 Å². The molecule has 45 heavy (non-hydrogen) atoms. The number of hydrogen-bond acceptors (Lipinski definition) is 4. The summed E-state index contributed by atoms with van der Waals surface area (Å²) in [6, 6.07) is 17.3. The number of carboxylic acid groups (broad SMARTS) is 1. The maximum atomic E-state index is 13.7. The van der Waals surface area contributed by atoms with E-state index >= 15 is 0 Å². The summed E-state index contributed by atoms with van der Waals surface area (Å²) in [7, 11) is 0. The number of nitrogens with zero attached hydrogens (tertiary/aromatic N) is 1. The van der Waals surface area contributed by atoms with Crippen molar-refractivity contribution in [1.29, 1.82) is 0 Å². The van der Waals surface area contributed by atoms with Crippen LogP contribution in [0.25, 0.3) is 0 Å². The number of anilines is 2. The third kappa shape index (κ3) is 9.44. The van der Waals surface area contributed by atoms with Crippen LogP contribution in [0.3, 0.4) is 0 Å². The molecular formula is C33H35F4N3O5. The average Bonchev–Trinajstić information content (AvgIpc) is 3.03. The molecule has 0 bridgehead atoms. The van der Waals surface area contributed by atoms with E-state index in [4.69, 9.17) is 5.11 Å². The molecule has 1 unspecified atom stereocenters. The Bertz CT molecular complexity index is 1470. The average molecular weight is 630 g/mol. The number of rotatable bonds is 11. The SMILES string of the molecule is CCc1cc(NC(=O)N(Cc2ccc(C(=O)NCC(F)C(=O)O)cc2)c2ccc(C3CCCCC3)cc2)ccc1OC(F)(F)F. The molecule has 3 aromatic rings. The summed E-state index contributed by atoms with van der Waals surface area (Å²) in [5.41, 5.74) is 3.16. The molecule has 0 aliphatic heterocycles. The second-order valence-electron chi connectivity index (χ2n) is 10.9. The summed E-state index contributed by atoms with van der Waals surface area (Å²) < 4.78 is 55.9. The van der Waals surface area contributed by atoms with Gasteiger partial charge in [0.1, 0.15) is 5.75 Å². The summed E-state index contributed by atoms with van der Waals surface area (Å²) >= 11 is 0. The fraction of sp³-hybridized carbons (Fsp3) is 0.364. The van der Waals surface area contributed by atoms with Crippen molar-refractivity contribution in [2.75, 3.05) is 16.8 Å². The van der Waals surface area contributed by atoms with E-state index in [1.165, 1.54) is 54.0 Å². The Hall–Kier alpha value is -4.61. The lowest BCUT2D eigenvalue weighted by Gasteiger charge is -2.26. The minimum Gasteiger partial charge on any atom is -0.479 e. The van der Waals surface area contributed by atoms with E-state index in [2.05, 4.69) is 15.4 Å². The number of carbonyl (C=O) groups is 3. The van der Waals surface area contributed by atoms with Gasteiger partial charge < -0.3 is 20.5 Å². The molecule has 8 nitrogen and oxygen atoms in total. The highest BCUT2D eigenvalue weighted by molar-refractivity contribution is 6.02. The Labute approximate surface area is 258 Å². The van der Waals surface area contributed by atoms with E-state index < -0.39 is 37.0 Å². The zero-order valence-electron chi connectivity index (χ0n) is 24.7. The van der Waals surface area contributed by atoms with Gasteiger partial charge in [-0.25, -0.2) is 14.0 Å². The molecular weight excluding hydrogens is 594 g/mol. The Balaban J connectivity index is 1.55. The molecule has 0 saturated heterocycles. The van der Waals surface area contributed by atoms with Gasteiger partial charge in [-0.2, -0.15) is 0 Å². The lowest BCUT2D eigenvalue weighted by molar-refractivity contribution is -0.274. The monoisotopic (exact) mass is 629 g/mol. The van der Waals surface area contributed by atoms with Crippen LogP contribution in [-0.2, 0) is 17.8 Å². The number of urea groups is 1. The highest BCUT2D eigenvalue weighted by atomic mass is 19.4. The van der Waals surface area contributed by atoms with Crippen LogP contribution < -0.4 is 20.3 Å². The first kappa shape index (κ1) is 33.3. The molecule has 240 valence electrons. The van der Waals surface area contributed by atoms with Crippen LogP contribution in [0.15, 0.2) is 66.7 Å². The van der Waals surface area contributed by atoms with E-state index in [-0.39, 0.29) is 35.5 Å². The predicted molar refractivity (Wildman–Crippen MR) is 161 cm³/mol. The van der Waals surface area contributed by atoms with E-state index in [1.807, 2.05) is 24.3 Å². The maximum absolute atomic E-state index is 13.7. The summed E-state index contributed by atoms with van der Waals surface area (Å²) in [4.78, 5) is 38.1. The van der Waals surface area contributed by atoms with Gasteiger partial charge in [-0.15, -0.1) is 13.2 Å². The fourth-order valence-corrected chi connectivity index (χ4v) is 5.31. The first-order valence-electron chi connectivity index (χ1n) is 14.7. The van der Waals surface area contributed by atoms with Crippen molar-refractivity contribution in [2.45, 2.75) is 70.4 Å². The van der Waals surface area contributed by atoms with Crippen LogP contribution in [0, 0.1) is 0 Å². The standard InChI is InChI=1S/C33H35F4N3O5/c1-2-22-18-26(14-17-29(22)45-33(35,36)37)39-32(44)40(27-15-12-24(13-16-27)23-6-4-3-5-7-23)20-21-8-10-25(11-9-21)30(41)38-19-28(34)31(42)43/h8-18,23,28H,2-7,19-20H2,1H3,(H,38,41)(H,39,44)(H,42,43). The highest BCUT2D eigenvalue weighted by Crippen LogP contribution is 2.34. The zero-order chi connectivity index (χ0) is 32.6. The van der Waals surface area contributed by atoms with E-state index in [0.29, 0.717) is 17.2 Å². The van der Waals surface area contributed by atoms with Gasteiger partial charge in [-0.05, 0) is 84.3 Å². The largest absolute Gasteiger partial charge is 0.573 e. The molecule has 0 heterocycles. The molecule has 1 aliphatic carbocycles. The smallest absolute Gasteiger partial charge is 0.479 e. The van der Waals surface area contributed by atoms with Gasteiger partial charge in [0.05, 0.1) is 13.1 Å². The predicted octanol–water partition coefficient (Wildman–Crippen LogP) is 7.59. The molecule has 1 aliphatic rings. The molecule has 1 atom stereocenters. The Morgan fingerprint density at radius 3 is 2.24 bits per heavy atom. The van der Waals surface area contributed by atoms with E-state index in [9.17, 15) is 31.9 Å². The lowest BCUT2D eigenvalue weighted by atomic mass is 9.84. The summed E-state index contributed by atoms with van der Waals surface area (Å²) in [6.45, 7) is 1.08. The first-order valence-corrected chi connectivity index (χ1v) is 14.7. The molecule has 0 aromatic heterocycles. The van der Waals surface area contributed by atoms with Crippen LogP contribution in [-0.4, -0.2) is 42.1 Å². The molecule has 0 radical (unpaired) electrons. The van der Waals surface area contributed by atoms with Gasteiger partial charge in [-0.1, -0.05) is 50.5 Å². The van der Waals surface area contributed by atoms with Crippen LogP contribution >= 0.6 is 0 Å². The number of carboxylic acids is 1. The van der Waals surface area contributed by atoms with Gasteiger partial charge in [-0.3, -0.25) is 9.69 Å². The topological polar surface area (TPSA) is 108 Å². The summed E-state index contributed by atoms with van der Waals surface area (Å²) in [6.07, 6.45) is -1.04. The van der Waals surface area contributed by atoms with Gasteiger partial charge in [0.2, 0.25) is 6.17 Å². The molecule has 3 N–H and O–H groups in total. The van der Waals surface area contributed by atoms with Crippen molar-refractivity contribution in [2.24, 2.45) is 0 Å². The minimum absolute atomic E-state index is 0.0813. The van der Waals surface area contributed by atoms with Crippen molar-refractivity contribution in [3.8, 4) is 5.75 Å². The van der Waals surface area contributed by atoms with Crippen LogP contribution in [0.5, 0.6) is 5.75 Å².